The first kappa shape index (κ1) is 18.5. The van der Waals surface area contributed by atoms with E-state index in [9.17, 15) is 4.79 Å². The first-order chi connectivity index (χ1) is 12.8. The van der Waals surface area contributed by atoms with Crippen LogP contribution >= 0.6 is 11.8 Å². The van der Waals surface area contributed by atoms with E-state index < -0.39 is 0 Å². The van der Waals surface area contributed by atoms with Gasteiger partial charge in [-0.2, -0.15) is 0 Å². The Kier molecular flexibility index (Phi) is 6.68. The molecule has 1 aliphatic heterocycles. The smallest absolute Gasteiger partial charge is 0.233 e. The Labute approximate surface area is 157 Å². The molecule has 0 radical (unpaired) electrons. The average molecular weight is 374 g/mol. The number of rotatable bonds is 8. The molecule has 0 N–H and O–H groups in total. The van der Waals surface area contributed by atoms with Crippen molar-refractivity contribution in [1.29, 1.82) is 0 Å². The van der Waals surface area contributed by atoms with Gasteiger partial charge in [0.2, 0.25) is 5.91 Å². The van der Waals surface area contributed by atoms with Crippen molar-refractivity contribution in [2.75, 3.05) is 32.1 Å². The van der Waals surface area contributed by atoms with Crippen LogP contribution in [0, 0.1) is 0 Å². The van der Waals surface area contributed by atoms with Crippen molar-refractivity contribution in [2.45, 2.75) is 18.3 Å². The lowest BCUT2D eigenvalue weighted by atomic mass is 10.3. The van der Waals surface area contributed by atoms with E-state index in [0.29, 0.717) is 56.2 Å². The van der Waals surface area contributed by atoms with E-state index in [0.717, 1.165) is 5.75 Å². The number of amides is 1. The van der Waals surface area contributed by atoms with Crippen LogP contribution < -0.4 is 4.74 Å². The molecule has 1 saturated heterocycles. The van der Waals surface area contributed by atoms with E-state index in [1.54, 1.807) is 6.08 Å². The molecule has 7 nitrogen and oxygen atoms in total. The summed E-state index contributed by atoms with van der Waals surface area (Å²) < 4.78 is 13.0. The Morgan fingerprint density at radius 3 is 2.77 bits per heavy atom. The molecule has 1 aliphatic rings. The minimum Gasteiger partial charge on any atom is -0.486 e. The number of hydrogen-bond acceptors (Lipinski definition) is 6. The van der Waals surface area contributed by atoms with Crippen molar-refractivity contribution in [1.82, 2.24) is 19.7 Å². The highest BCUT2D eigenvalue weighted by atomic mass is 32.2. The van der Waals surface area contributed by atoms with Gasteiger partial charge in [0, 0.05) is 19.6 Å². The number of carbonyl (C=O) groups is 1. The van der Waals surface area contributed by atoms with Crippen molar-refractivity contribution < 1.29 is 14.3 Å². The highest BCUT2D eigenvalue weighted by Gasteiger charge is 2.19. The fourth-order valence-corrected chi connectivity index (χ4v) is 3.41. The van der Waals surface area contributed by atoms with E-state index in [1.807, 2.05) is 39.8 Å². The monoisotopic (exact) mass is 374 g/mol. The topological polar surface area (TPSA) is 69.5 Å². The molecule has 0 bridgehead atoms. The first-order valence-electron chi connectivity index (χ1n) is 8.47. The Bertz CT molecular complexity index is 729. The Morgan fingerprint density at radius 2 is 2.04 bits per heavy atom. The van der Waals surface area contributed by atoms with Crippen LogP contribution in [0.5, 0.6) is 5.75 Å². The van der Waals surface area contributed by atoms with Gasteiger partial charge in [-0.3, -0.25) is 9.36 Å². The Hall–Kier alpha value is -2.32. The summed E-state index contributed by atoms with van der Waals surface area (Å²) in [6.07, 6.45) is 1.78. The van der Waals surface area contributed by atoms with Gasteiger partial charge in [-0.15, -0.1) is 16.8 Å². The Morgan fingerprint density at radius 1 is 1.27 bits per heavy atom. The summed E-state index contributed by atoms with van der Waals surface area (Å²) in [6.45, 7) is 7.16. The van der Waals surface area contributed by atoms with Gasteiger partial charge in [-0.25, -0.2) is 0 Å². The van der Waals surface area contributed by atoms with Crippen LogP contribution in [0.3, 0.4) is 0 Å². The standard InChI is InChI=1S/C18H22N4O3S/c1-2-8-22-16(13-25-15-6-4-3-5-7-15)19-20-18(22)26-14-17(23)21-9-11-24-12-10-21/h2-7H,1,8-14H2. The summed E-state index contributed by atoms with van der Waals surface area (Å²) in [4.78, 5) is 14.1. The van der Waals surface area contributed by atoms with Crippen LogP contribution in [0.25, 0.3) is 0 Å². The van der Waals surface area contributed by atoms with Crippen LogP contribution in [-0.2, 0) is 22.7 Å². The van der Waals surface area contributed by atoms with Gasteiger partial charge in [0.1, 0.15) is 12.4 Å². The van der Waals surface area contributed by atoms with Gasteiger partial charge in [0.25, 0.3) is 0 Å². The number of morpholine rings is 1. The molecule has 26 heavy (non-hydrogen) atoms. The van der Waals surface area contributed by atoms with E-state index in [1.165, 1.54) is 11.8 Å². The number of hydrogen-bond donors (Lipinski definition) is 0. The van der Waals surface area contributed by atoms with Crippen molar-refractivity contribution in [3.63, 3.8) is 0 Å². The van der Waals surface area contributed by atoms with Gasteiger partial charge in [-0.05, 0) is 12.1 Å². The molecule has 3 rings (SSSR count). The first-order valence-corrected chi connectivity index (χ1v) is 9.45. The molecule has 0 atom stereocenters. The molecular weight excluding hydrogens is 352 g/mol. The number of benzene rings is 1. The van der Waals surface area contributed by atoms with Crippen LogP contribution in [-0.4, -0.2) is 57.6 Å². The maximum atomic E-state index is 12.3. The van der Waals surface area contributed by atoms with Gasteiger partial charge in [0.15, 0.2) is 11.0 Å². The SMILES string of the molecule is C=CCn1c(COc2ccccc2)nnc1SCC(=O)N1CCOCC1. The van der Waals surface area contributed by atoms with E-state index >= 15 is 0 Å². The largest absolute Gasteiger partial charge is 0.486 e. The maximum Gasteiger partial charge on any atom is 0.233 e. The molecule has 0 saturated carbocycles. The van der Waals surface area contributed by atoms with Crippen LogP contribution in [0.15, 0.2) is 48.1 Å². The van der Waals surface area contributed by atoms with Gasteiger partial charge in [0.05, 0.1) is 19.0 Å². The van der Waals surface area contributed by atoms with Crippen LogP contribution in [0.1, 0.15) is 5.82 Å². The van der Waals surface area contributed by atoms with E-state index in [2.05, 4.69) is 16.8 Å². The zero-order valence-corrected chi connectivity index (χ0v) is 15.4. The third-order valence-electron chi connectivity index (χ3n) is 3.90. The second-order valence-electron chi connectivity index (χ2n) is 5.68. The summed E-state index contributed by atoms with van der Waals surface area (Å²) in [5, 5.41) is 9.12. The highest BCUT2D eigenvalue weighted by Crippen LogP contribution is 2.19. The van der Waals surface area contributed by atoms with Gasteiger partial charge < -0.3 is 14.4 Å². The normalized spacial score (nSPS) is 14.2. The summed E-state index contributed by atoms with van der Waals surface area (Å²) >= 11 is 1.39. The number of ether oxygens (including phenoxy) is 2. The van der Waals surface area contributed by atoms with Crippen molar-refractivity contribution in [3.8, 4) is 5.75 Å². The molecular formula is C18H22N4O3S. The maximum absolute atomic E-state index is 12.3. The minimum atomic E-state index is 0.0912. The average Bonchev–Trinajstić information content (AvgIpc) is 3.08. The summed E-state index contributed by atoms with van der Waals surface area (Å²) in [5.74, 6) is 1.90. The fourth-order valence-electron chi connectivity index (χ4n) is 2.54. The molecule has 1 fully saturated rings. The lowest BCUT2D eigenvalue weighted by molar-refractivity contribution is -0.132. The molecule has 1 amide bonds. The number of allylic oxidation sites excluding steroid dienone is 1. The molecule has 1 aromatic heterocycles. The molecule has 0 aliphatic carbocycles. The van der Waals surface area contributed by atoms with Crippen LogP contribution in [0.2, 0.25) is 0 Å². The minimum absolute atomic E-state index is 0.0912. The van der Waals surface area contributed by atoms with E-state index in [4.69, 9.17) is 9.47 Å². The molecule has 8 heteroatoms. The molecule has 138 valence electrons. The lowest BCUT2D eigenvalue weighted by Gasteiger charge is -2.26. The van der Waals surface area contributed by atoms with Gasteiger partial charge in [-0.1, -0.05) is 36.0 Å². The number of nitrogens with zero attached hydrogens (tertiary/aromatic N) is 4. The number of thioether (sulfide) groups is 1. The molecule has 2 heterocycles. The van der Waals surface area contributed by atoms with E-state index in [-0.39, 0.29) is 5.91 Å². The third kappa shape index (κ3) is 4.86. The number of aromatic nitrogens is 3. The van der Waals surface area contributed by atoms with Gasteiger partial charge >= 0.3 is 0 Å². The predicted octanol–water partition coefficient (Wildman–Crippen LogP) is 1.99. The number of carbonyl (C=O) groups excluding carboxylic acids is 1. The quantitative estimate of drug-likeness (QED) is 0.520. The van der Waals surface area contributed by atoms with Crippen molar-refractivity contribution >= 4 is 17.7 Å². The van der Waals surface area contributed by atoms with Crippen molar-refractivity contribution in [2.24, 2.45) is 0 Å². The second-order valence-corrected chi connectivity index (χ2v) is 6.62. The molecule has 1 aromatic carbocycles. The number of para-hydroxylation sites is 1. The fraction of sp³-hybridized carbons (Fsp3) is 0.389. The second kappa shape index (κ2) is 9.40. The zero-order valence-electron chi connectivity index (χ0n) is 14.5. The predicted molar refractivity (Wildman–Crippen MR) is 99.1 cm³/mol. The van der Waals surface area contributed by atoms with Crippen LogP contribution in [0.4, 0.5) is 0 Å². The summed E-state index contributed by atoms with van der Waals surface area (Å²) in [5.41, 5.74) is 0. The third-order valence-corrected chi connectivity index (χ3v) is 4.86. The summed E-state index contributed by atoms with van der Waals surface area (Å²) in [6, 6.07) is 9.56. The summed E-state index contributed by atoms with van der Waals surface area (Å²) in [7, 11) is 0. The highest BCUT2D eigenvalue weighted by molar-refractivity contribution is 7.99. The molecule has 2 aromatic rings. The lowest BCUT2D eigenvalue weighted by Crippen LogP contribution is -2.41. The Balaban J connectivity index is 1.60. The zero-order chi connectivity index (χ0) is 18.2. The molecule has 0 spiro atoms. The molecule has 0 unspecified atom stereocenters. The van der Waals surface area contributed by atoms with Crippen molar-refractivity contribution in [3.05, 3.63) is 48.8 Å².